The van der Waals surface area contributed by atoms with Crippen LogP contribution in [0.25, 0.3) is 0 Å². The van der Waals surface area contributed by atoms with Gasteiger partial charge in [-0.25, -0.2) is 4.98 Å². The lowest BCUT2D eigenvalue weighted by Gasteiger charge is -2.08. The van der Waals surface area contributed by atoms with Gasteiger partial charge >= 0.3 is 5.69 Å². The number of pyridine rings is 1. The number of nitro groups is 1. The number of para-hydroxylation sites is 1. The molecule has 0 aliphatic heterocycles. The van der Waals surface area contributed by atoms with Crippen molar-refractivity contribution in [2.24, 2.45) is 5.73 Å². The van der Waals surface area contributed by atoms with Crippen LogP contribution in [0.2, 0.25) is 0 Å². The largest absolute Gasteiger partial charge is 0.447 e. The van der Waals surface area contributed by atoms with Crippen LogP contribution >= 0.6 is 15.9 Å². The van der Waals surface area contributed by atoms with Crippen LogP contribution in [-0.4, -0.2) is 15.7 Å². The molecule has 20 heavy (non-hydrogen) atoms. The Morgan fingerprint density at radius 3 is 2.70 bits per heavy atom. The van der Waals surface area contributed by atoms with Crippen molar-refractivity contribution in [2.45, 2.75) is 0 Å². The third-order valence-corrected chi connectivity index (χ3v) is 3.00. The van der Waals surface area contributed by atoms with Gasteiger partial charge in [-0.05, 0) is 34.1 Å². The lowest BCUT2D eigenvalue weighted by molar-refractivity contribution is -0.385. The molecule has 0 spiro atoms. The summed E-state index contributed by atoms with van der Waals surface area (Å²) in [5, 5.41) is 18.2. The fraction of sp³-hybridized carbons (Fsp3) is 0. The van der Waals surface area contributed by atoms with Gasteiger partial charge in [-0.15, -0.1) is 0 Å². The highest BCUT2D eigenvalue weighted by Crippen LogP contribution is 2.37. The molecule has 1 aromatic heterocycles. The first-order valence-corrected chi connectivity index (χ1v) is 6.19. The molecule has 0 aliphatic carbocycles. The number of benzene rings is 1. The molecule has 0 aliphatic rings. The van der Waals surface area contributed by atoms with E-state index < -0.39 is 4.92 Å². The minimum atomic E-state index is -0.530. The first kappa shape index (κ1) is 13.9. The summed E-state index contributed by atoms with van der Waals surface area (Å²) in [6.45, 7) is 0. The van der Waals surface area contributed by atoms with E-state index in [0.29, 0.717) is 15.9 Å². The molecule has 0 atom stereocenters. The zero-order valence-corrected chi connectivity index (χ0v) is 11.6. The predicted octanol–water partition coefficient (Wildman–Crippen LogP) is 2.83. The summed E-state index contributed by atoms with van der Waals surface area (Å²) in [4.78, 5) is 14.3. The highest BCUT2D eigenvalue weighted by Gasteiger charge is 2.18. The van der Waals surface area contributed by atoms with Crippen molar-refractivity contribution >= 4 is 27.5 Å². The normalized spacial score (nSPS) is 10.1. The lowest BCUT2D eigenvalue weighted by atomic mass is 10.3. The Morgan fingerprint density at radius 2 is 2.15 bits per heavy atom. The summed E-state index contributed by atoms with van der Waals surface area (Å²) < 4.78 is 5.93. The number of hydrogen-bond donors (Lipinski definition) is 2. The third kappa shape index (κ3) is 2.91. The summed E-state index contributed by atoms with van der Waals surface area (Å²) in [7, 11) is 0. The van der Waals surface area contributed by atoms with Crippen molar-refractivity contribution in [1.29, 1.82) is 5.41 Å². The molecule has 1 aromatic carbocycles. The van der Waals surface area contributed by atoms with Gasteiger partial charge in [-0.3, -0.25) is 15.5 Å². The number of nitrogens with zero attached hydrogens (tertiary/aromatic N) is 2. The maximum absolute atomic E-state index is 11.0. The third-order valence-electron chi connectivity index (χ3n) is 2.38. The average molecular weight is 337 g/mol. The Hall–Kier alpha value is -2.48. The molecule has 0 saturated heterocycles. The maximum atomic E-state index is 11.0. The summed E-state index contributed by atoms with van der Waals surface area (Å²) in [6.07, 6.45) is 1.35. The Morgan fingerprint density at radius 1 is 1.40 bits per heavy atom. The van der Waals surface area contributed by atoms with Crippen LogP contribution < -0.4 is 10.5 Å². The quantitative estimate of drug-likeness (QED) is 0.385. The van der Waals surface area contributed by atoms with Gasteiger partial charge in [0.2, 0.25) is 5.75 Å². The molecular formula is C12H9BrN4O3. The Kier molecular flexibility index (Phi) is 3.94. The van der Waals surface area contributed by atoms with Crippen LogP contribution in [0.3, 0.4) is 0 Å². The van der Waals surface area contributed by atoms with Gasteiger partial charge in [0, 0.05) is 6.07 Å². The number of nitro benzene ring substituents is 1. The topological polar surface area (TPSA) is 115 Å². The van der Waals surface area contributed by atoms with Crippen LogP contribution in [0.4, 0.5) is 5.69 Å². The van der Waals surface area contributed by atoms with E-state index in [1.54, 1.807) is 12.1 Å². The molecule has 0 saturated carbocycles. The maximum Gasteiger partial charge on any atom is 0.312 e. The summed E-state index contributed by atoms with van der Waals surface area (Å²) in [5.74, 6) is 0.239. The highest BCUT2D eigenvalue weighted by molar-refractivity contribution is 9.10. The molecule has 0 radical (unpaired) electrons. The molecule has 2 rings (SSSR count). The SMILES string of the molecule is N=C(N)c1ccc(Oc2c(Br)cccc2[N+](=O)[O-])cn1. The van der Waals surface area contributed by atoms with Crippen molar-refractivity contribution < 1.29 is 9.66 Å². The van der Waals surface area contributed by atoms with E-state index in [1.165, 1.54) is 24.4 Å². The van der Waals surface area contributed by atoms with Gasteiger partial charge in [0.05, 0.1) is 15.6 Å². The van der Waals surface area contributed by atoms with Crippen molar-refractivity contribution in [3.63, 3.8) is 0 Å². The molecule has 3 N–H and O–H groups in total. The van der Waals surface area contributed by atoms with E-state index in [2.05, 4.69) is 20.9 Å². The molecular weight excluding hydrogens is 328 g/mol. The zero-order valence-electron chi connectivity index (χ0n) is 10.0. The monoisotopic (exact) mass is 336 g/mol. The van der Waals surface area contributed by atoms with Gasteiger partial charge < -0.3 is 10.5 Å². The van der Waals surface area contributed by atoms with Crippen LogP contribution in [0.1, 0.15) is 5.69 Å². The van der Waals surface area contributed by atoms with Crippen molar-refractivity contribution in [3.05, 3.63) is 56.8 Å². The summed E-state index contributed by atoms with van der Waals surface area (Å²) in [6, 6.07) is 7.57. The van der Waals surface area contributed by atoms with Crippen molar-refractivity contribution in [1.82, 2.24) is 4.98 Å². The van der Waals surface area contributed by atoms with Gasteiger partial charge in [0.15, 0.2) is 0 Å². The van der Waals surface area contributed by atoms with Gasteiger partial charge in [0.1, 0.15) is 17.3 Å². The van der Waals surface area contributed by atoms with Crippen molar-refractivity contribution in [2.75, 3.05) is 0 Å². The zero-order chi connectivity index (χ0) is 14.7. The first-order valence-electron chi connectivity index (χ1n) is 5.40. The van der Waals surface area contributed by atoms with Crippen molar-refractivity contribution in [3.8, 4) is 11.5 Å². The summed E-state index contributed by atoms with van der Waals surface area (Å²) >= 11 is 3.21. The number of nitrogens with one attached hydrogen (secondary N) is 1. The van der Waals surface area contributed by atoms with E-state index in [1.807, 2.05) is 0 Å². The predicted molar refractivity (Wildman–Crippen MR) is 76.1 cm³/mol. The number of ether oxygens (including phenoxy) is 1. The molecule has 8 heteroatoms. The number of nitrogens with two attached hydrogens (primary N) is 1. The van der Waals surface area contributed by atoms with E-state index in [9.17, 15) is 10.1 Å². The van der Waals surface area contributed by atoms with E-state index in [0.717, 1.165) is 0 Å². The second-order valence-corrected chi connectivity index (χ2v) is 4.59. The number of aromatic nitrogens is 1. The second kappa shape index (κ2) is 5.66. The fourth-order valence-electron chi connectivity index (χ4n) is 1.46. The van der Waals surface area contributed by atoms with Crippen LogP contribution in [0.5, 0.6) is 11.5 Å². The minimum Gasteiger partial charge on any atom is -0.447 e. The van der Waals surface area contributed by atoms with Gasteiger partial charge in [-0.2, -0.15) is 0 Å². The Bertz CT molecular complexity index is 673. The number of nitrogen functional groups attached to an aromatic ring is 1. The minimum absolute atomic E-state index is 0.0925. The number of amidine groups is 1. The van der Waals surface area contributed by atoms with E-state index in [-0.39, 0.29) is 17.3 Å². The van der Waals surface area contributed by atoms with Crippen LogP contribution in [0.15, 0.2) is 41.0 Å². The van der Waals surface area contributed by atoms with Crippen LogP contribution in [-0.2, 0) is 0 Å². The standard InChI is InChI=1S/C12H9BrN4O3/c13-8-2-1-3-10(17(18)19)11(8)20-7-4-5-9(12(14)15)16-6-7/h1-6H,(H3,14,15). The molecule has 1 heterocycles. The molecule has 0 amide bonds. The number of halogens is 1. The van der Waals surface area contributed by atoms with Gasteiger partial charge in [-0.1, -0.05) is 6.07 Å². The lowest BCUT2D eigenvalue weighted by Crippen LogP contribution is -2.12. The van der Waals surface area contributed by atoms with E-state index in [4.69, 9.17) is 15.9 Å². The number of hydrogen-bond acceptors (Lipinski definition) is 5. The Balaban J connectivity index is 2.34. The molecule has 7 nitrogen and oxygen atoms in total. The smallest absolute Gasteiger partial charge is 0.312 e. The molecule has 2 aromatic rings. The molecule has 102 valence electrons. The van der Waals surface area contributed by atoms with E-state index >= 15 is 0 Å². The molecule has 0 bridgehead atoms. The highest BCUT2D eigenvalue weighted by atomic mass is 79.9. The van der Waals surface area contributed by atoms with Gasteiger partial charge in [0.25, 0.3) is 0 Å². The summed E-state index contributed by atoms with van der Waals surface area (Å²) in [5.41, 5.74) is 5.43. The Labute approximate surface area is 122 Å². The van der Waals surface area contributed by atoms with Crippen LogP contribution in [0, 0.1) is 15.5 Å². The molecule has 0 unspecified atom stereocenters. The fourth-order valence-corrected chi connectivity index (χ4v) is 1.90. The first-order chi connectivity index (χ1) is 9.49. The second-order valence-electron chi connectivity index (χ2n) is 3.74. The average Bonchev–Trinajstić information content (AvgIpc) is 2.41. The number of rotatable bonds is 4. The molecule has 0 fully saturated rings.